The zero-order valence-corrected chi connectivity index (χ0v) is 10.3. The summed E-state index contributed by atoms with van der Waals surface area (Å²) in [5.41, 5.74) is 7.55. The van der Waals surface area contributed by atoms with E-state index in [9.17, 15) is 0 Å². The lowest BCUT2D eigenvalue weighted by molar-refractivity contribution is 1.30. The van der Waals surface area contributed by atoms with E-state index in [0.29, 0.717) is 0 Å². The molecular weight excluding hydrogens is 193 g/mol. The van der Waals surface area contributed by atoms with Crippen LogP contribution >= 0.6 is 0 Å². The zero-order chi connectivity index (χ0) is 11.7. The molecule has 0 atom stereocenters. The topological polar surface area (TPSA) is 12.9 Å². The number of pyridine rings is 1. The number of rotatable bonds is 1. The van der Waals surface area contributed by atoms with Crippen LogP contribution in [-0.2, 0) is 0 Å². The van der Waals surface area contributed by atoms with E-state index >= 15 is 0 Å². The van der Waals surface area contributed by atoms with E-state index in [-0.39, 0.29) is 0 Å². The monoisotopic (exact) mass is 209 g/mol. The van der Waals surface area contributed by atoms with Crippen molar-refractivity contribution in [2.75, 3.05) is 0 Å². The van der Waals surface area contributed by atoms with Gasteiger partial charge in [0.2, 0.25) is 0 Å². The van der Waals surface area contributed by atoms with Crippen molar-refractivity contribution in [3.8, 4) is 11.1 Å². The van der Waals surface area contributed by atoms with Gasteiger partial charge in [0, 0.05) is 11.8 Å². The first kappa shape index (κ1) is 10.9. The van der Waals surface area contributed by atoms with Crippen LogP contribution in [0, 0.1) is 20.8 Å². The molecule has 0 spiro atoms. The van der Waals surface area contributed by atoms with Gasteiger partial charge in [-0.3, -0.25) is 4.98 Å². The molecule has 80 valence electrons. The van der Waals surface area contributed by atoms with Crippen molar-refractivity contribution in [1.29, 1.82) is 0 Å². The maximum Gasteiger partial charge on any atom is 0.163 e. The molecule has 0 saturated carbocycles. The maximum absolute atomic E-state index is 4.36. The van der Waals surface area contributed by atoms with Gasteiger partial charge in [0.25, 0.3) is 0 Å². The van der Waals surface area contributed by atoms with E-state index in [1.54, 1.807) is 0 Å². The minimum absolute atomic E-state index is 1.06. The molecule has 2 aromatic rings. The zero-order valence-electron chi connectivity index (χ0n) is 10.3. The molecule has 0 aliphatic rings. The molecule has 16 heavy (non-hydrogen) atoms. The average molecular weight is 209 g/mol. The van der Waals surface area contributed by atoms with E-state index in [0.717, 1.165) is 5.59 Å². The van der Waals surface area contributed by atoms with Crippen LogP contribution in [0.5, 0.6) is 0 Å². The Bertz CT molecular complexity index is 492. The molecule has 0 aliphatic heterocycles. The minimum Gasteiger partial charge on any atom is -0.271 e. The normalized spacial score (nSPS) is 10.4. The van der Waals surface area contributed by atoms with E-state index in [1.165, 1.54) is 27.8 Å². The number of hydrogen-bond acceptors (Lipinski definition) is 1. The summed E-state index contributed by atoms with van der Waals surface area (Å²) < 4.78 is 0. The lowest BCUT2D eigenvalue weighted by Gasteiger charge is -2.11. The van der Waals surface area contributed by atoms with Crippen LogP contribution < -0.4 is 5.59 Å². The summed E-state index contributed by atoms with van der Waals surface area (Å²) in [7, 11) is 2.01. The molecule has 2 rings (SSSR count). The standard InChI is InChI=1S/C14H16BN/c1-9-6-10(2)14(11(3)7-9)12-4-5-13(15)16-8-12/h4-8H,15H2,1-3H3. The van der Waals surface area contributed by atoms with Crippen LogP contribution in [0.1, 0.15) is 16.7 Å². The van der Waals surface area contributed by atoms with Crippen molar-refractivity contribution in [1.82, 2.24) is 4.98 Å². The number of aryl methyl sites for hydroxylation is 3. The smallest absolute Gasteiger partial charge is 0.163 e. The average Bonchev–Trinajstić information content (AvgIpc) is 2.19. The first-order valence-electron chi connectivity index (χ1n) is 5.59. The lowest BCUT2D eigenvalue weighted by atomic mass is 9.94. The predicted octanol–water partition coefficient (Wildman–Crippen LogP) is 1.93. The fourth-order valence-electron chi connectivity index (χ4n) is 2.25. The second kappa shape index (κ2) is 4.13. The Kier molecular flexibility index (Phi) is 2.82. The Balaban J connectivity index is 2.60. The van der Waals surface area contributed by atoms with Gasteiger partial charge in [-0.05, 0) is 43.1 Å². The van der Waals surface area contributed by atoms with Crippen molar-refractivity contribution >= 4 is 13.4 Å². The molecule has 0 N–H and O–H groups in total. The molecule has 2 heteroatoms. The summed E-state index contributed by atoms with van der Waals surface area (Å²) in [4.78, 5) is 4.36. The Labute approximate surface area is 98.0 Å². The Morgan fingerprint density at radius 2 is 1.62 bits per heavy atom. The van der Waals surface area contributed by atoms with Crippen LogP contribution in [0.25, 0.3) is 11.1 Å². The van der Waals surface area contributed by atoms with Gasteiger partial charge in [-0.15, -0.1) is 0 Å². The van der Waals surface area contributed by atoms with Gasteiger partial charge in [0.1, 0.15) is 0 Å². The molecular formula is C14H16BN. The van der Waals surface area contributed by atoms with E-state index in [1.807, 2.05) is 14.0 Å². The fourth-order valence-corrected chi connectivity index (χ4v) is 2.25. The summed E-state index contributed by atoms with van der Waals surface area (Å²) in [5, 5.41) is 0. The summed E-state index contributed by atoms with van der Waals surface area (Å²) in [6.07, 6.45) is 1.96. The van der Waals surface area contributed by atoms with Gasteiger partial charge >= 0.3 is 0 Å². The first-order chi connectivity index (χ1) is 7.58. The third-order valence-electron chi connectivity index (χ3n) is 2.88. The molecule has 0 radical (unpaired) electrons. The number of nitrogens with zero attached hydrogens (tertiary/aromatic N) is 1. The molecule has 1 nitrogen and oxygen atoms in total. The van der Waals surface area contributed by atoms with Crippen LogP contribution in [0.4, 0.5) is 0 Å². The Hall–Kier alpha value is -1.57. The van der Waals surface area contributed by atoms with Crippen molar-refractivity contribution in [3.63, 3.8) is 0 Å². The molecule has 0 amide bonds. The van der Waals surface area contributed by atoms with Crippen LogP contribution in [0.3, 0.4) is 0 Å². The van der Waals surface area contributed by atoms with Crippen molar-refractivity contribution in [2.24, 2.45) is 0 Å². The number of aromatic nitrogens is 1. The minimum atomic E-state index is 1.06. The summed E-state index contributed by atoms with van der Waals surface area (Å²) in [5.74, 6) is 0. The van der Waals surface area contributed by atoms with Gasteiger partial charge in [0.15, 0.2) is 7.85 Å². The van der Waals surface area contributed by atoms with Gasteiger partial charge in [-0.2, -0.15) is 0 Å². The van der Waals surface area contributed by atoms with Gasteiger partial charge in [-0.25, -0.2) is 0 Å². The quantitative estimate of drug-likeness (QED) is 0.654. The number of hydrogen-bond donors (Lipinski definition) is 0. The summed E-state index contributed by atoms with van der Waals surface area (Å²) in [6.45, 7) is 6.46. The fraction of sp³-hybridized carbons (Fsp3) is 0.214. The third-order valence-corrected chi connectivity index (χ3v) is 2.88. The van der Waals surface area contributed by atoms with Crippen molar-refractivity contribution < 1.29 is 0 Å². The first-order valence-corrected chi connectivity index (χ1v) is 5.59. The van der Waals surface area contributed by atoms with Crippen molar-refractivity contribution in [3.05, 3.63) is 47.2 Å². The second-order valence-electron chi connectivity index (χ2n) is 4.46. The molecule has 0 unspecified atom stereocenters. The highest BCUT2D eigenvalue weighted by atomic mass is 14.6. The highest BCUT2D eigenvalue weighted by Gasteiger charge is 2.06. The number of benzene rings is 1. The SMILES string of the molecule is Bc1ccc(-c2c(C)cc(C)cc2C)cn1. The van der Waals surface area contributed by atoms with E-state index < -0.39 is 0 Å². The molecule has 1 aromatic heterocycles. The molecule has 0 saturated heterocycles. The van der Waals surface area contributed by atoms with Gasteiger partial charge in [0.05, 0.1) is 0 Å². The highest BCUT2D eigenvalue weighted by molar-refractivity contribution is 6.30. The van der Waals surface area contributed by atoms with E-state index in [4.69, 9.17) is 0 Å². The Morgan fingerprint density at radius 3 is 2.12 bits per heavy atom. The Morgan fingerprint density at radius 1 is 1.00 bits per heavy atom. The maximum atomic E-state index is 4.36. The lowest BCUT2D eigenvalue weighted by Crippen LogP contribution is -2.06. The molecule has 0 bridgehead atoms. The van der Waals surface area contributed by atoms with Crippen LogP contribution in [-0.4, -0.2) is 12.8 Å². The largest absolute Gasteiger partial charge is 0.271 e. The second-order valence-corrected chi connectivity index (χ2v) is 4.46. The van der Waals surface area contributed by atoms with Crippen LogP contribution in [0.2, 0.25) is 0 Å². The van der Waals surface area contributed by atoms with Crippen LogP contribution in [0.15, 0.2) is 30.5 Å². The van der Waals surface area contributed by atoms with Gasteiger partial charge < -0.3 is 0 Å². The van der Waals surface area contributed by atoms with E-state index in [2.05, 4.69) is 50.0 Å². The third kappa shape index (κ3) is 2.01. The predicted molar refractivity (Wildman–Crippen MR) is 72.1 cm³/mol. The molecule has 1 heterocycles. The summed E-state index contributed by atoms with van der Waals surface area (Å²) >= 11 is 0. The molecule has 1 aromatic carbocycles. The van der Waals surface area contributed by atoms with Crippen molar-refractivity contribution in [2.45, 2.75) is 20.8 Å². The summed E-state index contributed by atoms with van der Waals surface area (Å²) in [6, 6.07) is 8.66. The molecule has 0 aliphatic carbocycles. The molecule has 0 fully saturated rings. The van der Waals surface area contributed by atoms with Gasteiger partial charge in [-0.1, -0.05) is 29.8 Å². The highest BCUT2D eigenvalue weighted by Crippen LogP contribution is 2.27.